The molecule has 1 amide bonds. The first-order chi connectivity index (χ1) is 12.3. The molecular formula is C18H17N3O2S2. The van der Waals surface area contributed by atoms with Crippen LogP contribution in [0.1, 0.15) is 15.2 Å². The molecule has 0 aliphatic carbocycles. The highest BCUT2D eigenvalue weighted by Gasteiger charge is 2.20. The van der Waals surface area contributed by atoms with Crippen molar-refractivity contribution in [3.63, 3.8) is 0 Å². The lowest BCUT2D eigenvalue weighted by molar-refractivity contribution is 0.0685. The summed E-state index contributed by atoms with van der Waals surface area (Å²) in [6.07, 6.45) is 1.99. The zero-order valence-electron chi connectivity index (χ0n) is 13.7. The Morgan fingerprint density at radius 2 is 2.16 bits per heavy atom. The van der Waals surface area contributed by atoms with Crippen molar-refractivity contribution >= 4 is 43.9 Å². The van der Waals surface area contributed by atoms with Crippen molar-refractivity contribution in [1.82, 2.24) is 14.3 Å². The van der Waals surface area contributed by atoms with Crippen LogP contribution in [0, 0.1) is 0 Å². The maximum Gasteiger partial charge on any atom is 0.264 e. The quantitative estimate of drug-likeness (QED) is 0.516. The van der Waals surface area contributed by atoms with Crippen molar-refractivity contribution in [3.8, 4) is 0 Å². The fourth-order valence-corrected chi connectivity index (χ4v) is 4.53. The average molecular weight is 371 g/mol. The minimum Gasteiger partial charge on any atom is -0.383 e. The molecule has 5 nitrogen and oxygen atoms in total. The minimum absolute atomic E-state index is 0.0212. The summed E-state index contributed by atoms with van der Waals surface area (Å²) in [5, 5.41) is 2.00. The number of fused-ring (bicyclic) bond motifs is 3. The van der Waals surface area contributed by atoms with Gasteiger partial charge in [0.2, 0.25) is 0 Å². The highest BCUT2D eigenvalue weighted by Crippen LogP contribution is 2.29. The molecule has 0 radical (unpaired) electrons. The summed E-state index contributed by atoms with van der Waals surface area (Å²) in [5.41, 5.74) is 2.10. The van der Waals surface area contributed by atoms with E-state index in [9.17, 15) is 4.79 Å². The largest absolute Gasteiger partial charge is 0.383 e. The van der Waals surface area contributed by atoms with Crippen LogP contribution in [-0.2, 0) is 11.3 Å². The van der Waals surface area contributed by atoms with Gasteiger partial charge in [-0.25, -0.2) is 4.98 Å². The number of amides is 1. The highest BCUT2D eigenvalue weighted by atomic mass is 32.1. The number of methoxy groups -OCH3 is 1. The van der Waals surface area contributed by atoms with Gasteiger partial charge in [-0.15, -0.1) is 22.7 Å². The summed E-state index contributed by atoms with van der Waals surface area (Å²) in [5.74, 6) is 0.0212. The maximum absolute atomic E-state index is 13.0. The van der Waals surface area contributed by atoms with Gasteiger partial charge in [-0.2, -0.15) is 0 Å². The lowest BCUT2D eigenvalue weighted by Crippen LogP contribution is -2.33. The number of ether oxygens (including phenoxy) is 1. The van der Waals surface area contributed by atoms with Crippen molar-refractivity contribution in [2.75, 3.05) is 20.3 Å². The SMILES string of the molecule is COCCN(Cc1ccccc1)C(=O)c1cc2c(nc3sccn32)s1. The summed E-state index contributed by atoms with van der Waals surface area (Å²) in [6, 6.07) is 12.0. The number of hydrogen-bond donors (Lipinski definition) is 0. The molecule has 4 rings (SSSR count). The van der Waals surface area contributed by atoms with Crippen LogP contribution in [0.3, 0.4) is 0 Å². The molecule has 3 heterocycles. The van der Waals surface area contributed by atoms with Gasteiger partial charge in [-0.1, -0.05) is 30.3 Å². The van der Waals surface area contributed by atoms with Crippen LogP contribution in [0.2, 0.25) is 0 Å². The second-order valence-corrected chi connectivity index (χ2v) is 7.58. The van der Waals surface area contributed by atoms with E-state index in [0.717, 1.165) is 20.9 Å². The summed E-state index contributed by atoms with van der Waals surface area (Å²) in [4.78, 5) is 22.0. The Morgan fingerprint density at radius 3 is 2.96 bits per heavy atom. The van der Waals surface area contributed by atoms with E-state index in [1.165, 1.54) is 11.3 Å². The van der Waals surface area contributed by atoms with Crippen LogP contribution in [0.5, 0.6) is 0 Å². The van der Waals surface area contributed by atoms with E-state index < -0.39 is 0 Å². The van der Waals surface area contributed by atoms with Gasteiger partial charge < -0.3 is 9.64 Å². The number of nitrogens with zero attached hydrogens (tertiary/aromatic N) is 3. The molecule has 0 saturated carbocycles. The molecule has 128 valence electrons. The van der Waals surface area contributed by atoms with Crippen molar-refractivity contribution in [2.45, 2.75) is 6.54 Å². The van der Waals surface area contributed by atoms with Crippen LogP contribution in [0.4, 0.5) is 0 Å². The molecule has 25 heavy (non-hydrogen) atoms. The Bertz CT molecular complexity index is 1000. The predicted octanol–water partition coefficient (Wildman–Crippen LogP) is 3.90. The van der Waals surface area contributed by atoms with E-state index in [1.807, 2.05) is 57.3 Å². The average Bonchev–Trinajstić information content (AvgIpc) is 3.31. The molecule has 3 aromatic heterocycles. The van der Waals surface area contributed by atoms with Gasteiger partial charge in [0.25, 0.3) is 5.91 Å². The van der Waals surface area contributed by atoms with Crippen LogP contribution < -0.4 is 0 Å². The first-order valence-electron chi connectivity index (χ1n) is 7.93. The summed E-state index contributed by atoms with van der Waals surface area (Å²) in [7, 11) is 1.65. The number of thiazole rings is 1. The highest BCUT2D eigenvalue weighted by molar-refractivity contribution is 7.21. The number of benzene rings is 1. The second kappa shape index (κ2) is 6.95. The molecule has 0 N–H and O–H groups in total. The Labute approximate surface area is 153 Å². The summed E-state index contributed by atoms with van der Waals surface area (Å²) < 4.78 is 7.21. The summed E-state index contributed by atoms with van der Waals surface area (Å²) >= 11 is 3.05. The standard InChI is InChI=1S/C18H17N3O2S2/c1-23-9-7-20(12-13-5-3-2-4-6-13)17(22)15-11-14-16(25-15)19-18-21(14)8-10-24-18/h2-6,8,10-11H,7,9,12H2,1H3. The van der Waals surface area contributed by atoms with Gasteiger partial charge in [0.1, 0.15) is 4.83 Å². The lowest BCUT2D eigenvalue weighted by atomic mass is 10.2. The molecule has 0 spiro atoms. The molecule has 0 aliphatic heterocycles. The Kier molecular flexibility index (Phi) is 4.52. The molecule has 0 unspecified atom stereocenters. The zero-order valence-corrected chi connectivity index (χ0v) is 15.3. The maximum atomic E-state index is 13.0. The van der Waals surface area contributed by atoms with E-state index in [4.69, 9.17) is 4.74 Å². The number of imidazole rings is 1. The number of carbonyl (C=O) groups excluding carboxylic acids is 1. The molecule has 0 bridgehead atoms. The third-order valence-corrected chi connectivity index (χ3v) is 5.78. The van der Waals surface area contributed by atoms with E-state index >= 15 is 0 Å². The smallest absolute Gasteiger partial charge is 0.264 e. The van der Waals surface area contributed by atoms with Gasteiger partial charge in [-0.05, 0) is 11.6 Å². The first-order valence-corrected chi connectivity index (χ1v) is 9.63. The number of rotatable bonds is 6. The molecule has 0 aliphatic rings. The molecule has 0 fully saturated rings. The fourth-order valence-electron chi connectivity index (χ4n) is 2.77. The third kappa shape index (κ3) is 3.18. The molecule has 7 heteroatoms. The zero-order chi connectivity index (χ0) is 17.2. The van der Waals surface area contributed by atoms with E-state index in [2.05, 4.69) is 4.98 Å². The molecule has 1 aromatic carbocycles. The summed E-state index contributed by atoms with van der Waals surface area (Å²) in [6.45, 7) is 1.64. The lowest BCUT2D eigenvalue weighted by Gasteiger charge is -2.21. The number of hydrogen-bond acceptors (Lipinski definition) is 5. The van der Waals surface area contributed by atoms with Crippen LogP contribution >= 0.6 is 22.7 Å². The van der Waals surface area contributed by atoms with E-state index in [0.29, 0.717) is 24.6 Å². The van der Waals surface area contributed by atoms with Crippen LogP contribution in [0.25, 0.3) is 15.3 Å². The monoisotopic (exact) mass is 371 g/mol. The van der Waals surface area contributed by atoms with Crippen molar-refractivity contribution < 1.29 is 9.53 Å². The number of thiophene rings is 1. The van der Waals surface area contributed by atoms with Gasteiger partial charge in [0.05, 0.1) is 17.0 Å². The van der Waals surface area contributed by atoms with Crippen molar-refractivity contribution in [3.05, 3.63) is 58.4 Å². The van der Waals surface area contributed by atoms with Crippen LogP contribution in [-0.4, -0.2) is 40.5 Å². The third-order valence-electron chi connectivity index (χ3n) is 4.02. The fraction of sp³-hybridized carbons (Fsp3) is 0.222. The van der Waals surface area contributed by atoms with Gasteiger partial charge >= 0.3 is 0 Å². The minimum atomic E-state index is 0.0212. The van der Waals surface area contributed by atoms with Crippen LogP contribution in [0.15, 0.2) is 48.0 Å². The van der Waals surface area contributed by atoms with Gasteiger partial charge in [0.15, 0.2) is 4.96 Å². The van der Waals surface area contributed by atoms with Crippen molar-refractivity contribution in [1.29, 1.82) is 0 Å². The Hall–Kier alpha value is -2.22. The normalized spacial score (nSPS) is 11.4. The van der Waals surface area contributed by atoms with Crippen molar-refractivity contribution in [2.24, 2.45) is 0 Å². The molecule has 0 saturated heterocycles. The van der Waals surface area contributed by atoms with Gasteiger partial charge in [-0.3, -0.25) is 9.20 Å². The Balaban J connectivity index is 1.63. The molecule has 0 atom stereocenters. The van der Waals surface area contributed by atoms with E-state index in [-0.39, 0.29) is 5.91 Å². The van der Waals surface area contributed by atoms with Gasteiger partial charge in [0, 0.05) is 31.8 Å². The first kappa shape index (κ1) is 16.3. The molecule has 4 aromatic rings. The predicted molar refractivity (Wildman–Crippen MR) is 102 cm³/mol. The topological polar surface area (TPSA) is 46.8 Å². The number of aromatic nitrogens is 2. The number of carbonyl (C=O) groups is 1. The van der Waals surface area contributed by atoms with E-state index in [1.54, 1.807) is 18.4 Å². The Morgan fingerprint density at radius 1 is 1.32 bits per heavy atom. The second-order valence-electron chi connectivity index (χ2n) is 5.67. The molecular weight excluding hydrogens is 354 g/mol.